The van der Waals surface area contributed by atoms with Crippen molar-refractivity contribution < 1.29 is 24.0 Å². The minimum Gasteiger partial charge on any atom is -0.297 e. The summed E-state index contributed by atoms with van der Waals surface area (Å²) in [5.41, 5.74) is 0.252. The minimum absolute atomic E-state index is 0.108. The Morgan fingerprint density at radius 1 is 1.37 bits per heavy atom. The quantitative estimate of drug-likeness (QED) is 0.372. The molecule has 2 atom stereocenters. The Kier molecular flexibility index (Phi) is 7.49. The lowest BCUT2D eigenvalue weighted by Gasteiger charge is -2.33. The van der Waals surface area contributed by atoms with Crippen LogP contribution in [0.3, 0.4) is 0 Å². The van der Waals surface area contributed by atoms with Crippen molar-refractivity contribution in [3.8, 4) is 0 Å². The van der Waals surface area contributed by atoms with Crippen LogP contribution in [-0.2, 0) is 20.8 Å². The Labute approximate surface area is 175 Å². The molecule has 0 spiro atoms. The van der Waals surface area contributed by atoms with Gasteiger partial charge in [-0.25, -0.2) is 14.5 Å². The maximum absolute atomic E-state index is 13.9. The first-order valence-corrected chi connectivity index (χ1v) is 10.5. The third kappa shape index (κ3) is 5.20. The van der Waals surface area contributed by atoms with Gasteiger partial charge in [-0.05, 0) is 30.4 Å². The summed E-state index contributed by atoms with van der Waals surface area (Å²) in [7, 11) is 1.74. The molecule has 2 aliphatic rings. The molecule has 30 heavy (non-hydrogen) atoms. The molecule has 164 valence electrons. The first-order valence-electron chi connectivity index (χ1n) is 10.5. The van der Waals surface area contributed by atoms with E-state index in [0.717, 1.165) is 31.9 Å². The van der Waals surface area contributed by atoms with Crippen molar-refractivity contribution in [2.24, 2.45) is 11.8 Å². The average Bonchev–Trinajstić information content (AvgIpc) is 3.38. The third-order valence-corrected chi connectivity index (χ3v) is 6.18. The van der Waals surface area contributed by atoms with Crippen molar-refractivity contribution in [1.82, 2.24) is 20.1 Å². The molecule has 0 unspecified atom stereocenters. The van der Waals surface area contributed by atoms with Gasteiger partial charge in [0.25, 0.3) is 0 Å². The highest BCUT2D eigenvalue weighted by atomic mass is 19.1. The molecule has 8 nitrogen and oxygen atoms in total. The Balaban J connectivity index is 1.75. The van der Waals surface area contributed by atoms with Crippen LogP contribution in [0.15, 0.2) is 18.5 Å². The number of carbonyl (C=O) groups is 3. The number of halogens is 1. The van der Waals surface area contributed by atoms with Gasteiger partial charge >= 0.3 is 0 Å². The van der Waals surface area contributed by atoms with Crippen molar-refractivity contribution in [2.45, 2.75) is 51.0 Å². The van der Waals surface area contributed by atoms with E-state index in [2.05, 4.69) is 4.98 Å². The predicted octanol–water partition coefficient (Wildman–Crippen LogP) is 1.82. The zero-order valence-corrected chi connectivity index (χ0v) is 17.2. The zero-order chi connectivity index (χ0) is 21.7. The fourth-order valence-corrected chi connectivity index (χ4v) is 4.61. The topological polar surface area (TPSA) is 94.1 Å². The van der Waals surface area contributed by atoms with Gasteiger partial charge in [-0.1, -0.05) is 25.7 Å². The molecule has 0 aromatic carbocycles. The number of nitrogens with zero attached hydrogens (tertiary/aromatic N) is 4. The molecule has 1 saturated heterocycles. The van der Waals surface area contributed by atoms with E-state index in [-0.39, 0.29) is 36.6 Å². The number of Topliss-reactive ketones (excluding diaryl/α,β-unsaturated/α-hetero) is 1. The standard InChI is InChI=1S/C21H29FN4O4/c1-24-9-7-19(20(28)11-16-6-8-23-12-18(16)22)26(24)21(29)17(13-25(30)14-27)10-15-4-2-3-5-15/h6,8,12,14-15,17,19,30H,2-5,7,9-11,13H2,1H3/t17-,19+/m1/s1. The normalized spacial score (nSPS) is 21.0. The number of hydroxylamine groups is 2. The molecule has 2 fully saturated rings. The van der Waals surface area contributed by atoms with Crippen molar-refractivity contribution in [1.29, 1.82) is 0 Å². The maximum atomic E-state index is 13.9. The van der Waals surface area contributed by atoms with Crippen LogP contribution in [0.25, 0.3) is 0 Å². The Morgan fingerprint density at radius 2 is 2.10 bits per heavy atom. The first kappa shape index (κ1) is 22.3. The number of hydrogen-bond donors (Lipinski definition) is 1. The van der Waals surface area contributed by atoms with E-state index in [1.807, 2.05) is 0 Å². The van der Waals surface area contributed by atoms with Crippen molar-refractivity contribution in [3.05, 3.63) is 29.8 Å². The highest BCUT2D eigenvalue weighted by Crippen LogP contribution is 2.32. The summed E-state index contributed by atoms with van der Waals surface area (Å²) in [5, 5.41) is 13.4. The molecule has 3 rings (SSSR count). The van der Waals surface area contributed by atoms with Crippen LogP contribution in [0.4, 0.5) is 4.39 Å². The molecule has 2 heterocycles. The number of ketones is 1. The summed E-state index contributed by atoms with van der Waals surface area (Å²) in [5.74, 6) is -1.30. The monoisotopic (exact) mass is 420 g/mol. The van der Waals surface area contributed by atoms with Crippen molar-refractivity contribution >= 4 is 18.1 Å². The molecule has 0 radical (unpaired) electrons. The van der Waals surface area contributed by atoms with Crippen LogP contribution in [0, 0.1) is 17.7 Å². The molecule has 0 bridgehead atoms. The first-order chi connectivity index (χ1) is 14.4. The van der Waals surface area contributed by atoms with E-state index in [1.54, 1.807) is 12.1 Å². The van der Waals surface area contributed by atoms with Gasteiger partial charge in [-0.3, -0.25) is 29.6 Å². The molecule has 1 aromatic heterocycles. The fourth-order valence-electron chi connectivity index (χ4n) is 4.61. The molecule has 9 heteroatoms. The van der Waals surface area contributed by atoms with Crippen molar-refractivity contribution in [2.75, 3.05) is 20.1 Å². The van der Waals surface area contributed by atoms with Gasteiger partial charge in [0.05, 0.1) is 18.7 Å². The number of aromatic nitrogens is 1. The van der Waals surface area contributed by atoms with Crippen molar-refractivity contribution in [3.63, 3.8) is 0 Å². The van der Waals surface area contributed by atoms with Crippen LogP contribution in [-0.4, -0.2) is 69.6 Å². The van der Waals surface area contributed by atoms with Crippen LogP contribution in [0.5, 0.6) is 0 Å². The number of carbonyl (C=O) groups excluding carboxylic acids is 3. The lowest BCUT2D eigenvalue weighted by atomic mass is 9.91. The summed E-state index contributed by atoms with van der Waals surface area (Å²) in [6.45, 7) is 0.413. The number of hydrazine groups is 1. The maximum Gasteiger partial charge on any atom is 0.242 e. The average molecular weight is 420 g/mol. The summed E-state index contributed by atoms with van der Waals surface area (Å²) in [6.07, 6.45) is 7.97. The second-order valence-electron chi connectivity index (χ2n) is 8.29. The van der Waals surface area contributed by atoms with Gasteiger partial charge in [0.1, 0.15) is 11.9 Å². The number of hydrogen-bond acceptors (Lipinski definition) is 6. The largest absolute Gasteiger partial charge is 0.297 e. The van der Waals surface area contributed by atoms with Gasteiger partial charge in [0, 0.05) is 26.2 Å². The fraction of sp³-hybridized carbons (Fsp3) is 0.619. The van der Waals surface area contributed by atoms with Gasteiger partial charge in [-0.15, -0.1) is 0 Å². The molecule has 1 aliphatic heterocycles. The molecule has 1 aromatic rings. The van der Waals surface area contributed by atoms with Crippen LogP contribution in [0.1, 0.15) is 44.1 Å². The van der Waals surface area contributed by atoms with Gasteiger partial charge < -0.3 is 0 Å². The molecular formula is C21H29FN4O4. The molecule has 2 amide bonds. The molecule has 1 saturated carbocycles. The Morgan fingerprint density at radius 3 is 2.77 bits per heavy atom. The van der Waals surface area contributed by atoms with E-state index in [9.17, 15) is 24.0 Å². The molecule has 1 aliphatic carbocycles. The second kappa shape index (κ2) is 10.1. The zero-order valence-electron chi connectivity index (χ0n) is 17.2. The van der Waals surface area contributed by atoms with Crippen LogP contribution >= 0.6 is 0 Å². The lowest BCUT2D eigenvalue weighted by Crippen LogP contribution is -2.51. The highest BCUT2D eigenvalue weighted by molar-refractivity contribution is 5.91. The minimum atomic E-state index is -0.690. The number of pyridine rings is 1. The smallest absolute Gasteiger partial charge is 0.242 e. The van der Waals surface area contributed by atoms with E-state index < -0.39 is 17.8 Å². The van der Waals surface area contributed by atoms with Gasteiger partial charge in [0.2, 0.25) is 12.3 Å². The number of amides is 2. The van der Waals surface area contributed by atoms with E-state index in [1.165, 1.54) is 17.3 Å². The van der Waals surface area contributed by atoms with E-state index >= 15 is 0 Å². The Bertz CT molecular complexity index is 771. The third-order valence-electron chi connectivity index (χ3n) is 6.18. The predicted molar refractivity (Wildman–Crippen MR) is 105 cm³/mol. The van der Waals surface area contributed by atoms with Crippen LogP contribution < -0.4 is 0 Å². The summed E-state index contributed by atoms with van der Waals surface area (Å²) >= 11 is 0. The second-order valence-corrected chi connectivity index (χ2v) is 8.29. The summed E-state index contributed by atoms with van der Waals surface area (Å²) in [6, 6.07) is 0.777. The molecular weight excluding hydrogens is 391 g/mol. The highest BCUT2D eigenvalue weighted by Gasteiger charge is 2.41. The Hall–Kier alpha value is -2.39. The van der Waals surface area contributed by atoms with Crippen LogP contribution in [0.2, 0.25) is 0 Å². The molecule has 1 N–H and O–H groups in total. The van der Waals surface area contributed by atoms with E-state index in [4.69, 9.17) is 0 Å². The van der Waals surface area contributed by atoms with E-state index in [0.29, 0.717) is 30.4 Å². The lowest BCUT2D eigenvalue weighted by molar-refractivity contribution is -0.164. The van der Waals surface area contributed by atoms with Gasteiger partial charge in [-0.2, -0.15) is 0 Å². The summed E-state index contributed by atoms with van der Waals surface area (Å²) < 4.78 is 13.9. The number of rotatable bonds is 9. The SMILES string of the molecule is CN1CC[C@@H](C(=O)Cc2ccncc2F)N1C(=O)[C@H](CC1CCCC1)CN(O)C=O. The summed E-state index contributed by atoms with van der Waals surface area (Å²) in [4.78, 5) is 41.0. The van der Waals surface area contributed by atoms with Gasteiger partial charge in [0.15, 0.2) is 5.78 Å².